The highest BCUT2D eigenvalue weighted by atomic mass is 16.6. The Morgan fingerprint density at radius 3 is 2.69 bits per heavy atom. The number of nitrogens with zero attached hydrogens (tertiary/aromatic N) is 1. The Hall–Kier alpha value is -0.770. The molecule has 1 N–H and O–H groups in total. The third-order valence-electron chi connectivity index (χ3n) is 3.13. The van der Waals surface area contributed by atoms with E-state index >= 15 is 0 Å². The maximum Gasteiger partial charge on any atom is 0.409 e. The summed E-state index contributed by atoms with van der Waals surface area (Å²) in [6, 6.07) is 0.540. The van der Waals surface area contributed by atoms with Gasteiger partial charge in [-0.15, -0.1) is 0 Å². The Labute approximate surface area is 98.3 Å². The van der Waals surface area contributed by atoms with Crippen LogP contribution in [-0.4, -0.2) is 43.3 Å². The maximum atomic E-state index is 11.5. The van der Waals surface area contributed by atoms with Gasteiger partial charge in [0, 0.05) is 19.1 Å². The molecule has 0 saturated carbocycles. The summed E-state index contributed by atoms with van der Waals surface area (Å²) in [5, 5.41) is 3.45. The molecule has 0 bridgehead atoms. The van der Waals surface area contributed by atoms with Crippen molar-refractivity contribution in [2.24, 2.45) is 0 Å². The van der Waals surface area contributed by atoms with Gasteiger partial charge in [0.15, 0.2) is 0 Å². The van der Waals surface area contributed by atoms with Gasteiger partial charge in [0.2, 0.25) is 0 Å². The summed E-state index contributed by atoms with van der Waals surface area (Å²) in [7, 11) is 0. The Kier molecular flexibility index (Phi) is 6.23. The summed E-state index contributed by atoms with van der Waals surface area (Å²) in [6.07, 6.45) is 4.54. The van der Waals surface area contributed by atoms with Gasteiger partial charge in [-0.2, -0.15) is 0 Å². The molecule has 1 unspecified atom stereocenters. The van der Waals surface area contributed by atoms with Gasteiger partial charge in [-0.05, 0) is 39.7 Å². The van der Waals surface area contributed by atoms with Crippen molar-refractivity contribution in [2.45, 2.75) is 45.6 Å². The quantitative estimate of drug-likeness (QED) is 0.782. The van der Waals surface area contributed by atoms with Gasteiger partial charge in [-0.3, -0.25) is 0 Å². The number of ether oxygens (including phenoxy) is 1. The molecule has 4 heteroatoms. The first-order chi connectivity index (χ1) is 7.77. The Balaban J connectivity index is 2.11. The number of amides is 1. The summed E-state index contributed by atoms with van der Waals surface area (Å²) in [5.41, 5.74) is 0. The molecule has 0 aromatic carbocycles. The van der Waals surface area contributed by atoms with E-state index in [4.69, 9.17) is 4.74 Å². The van der Waals surface area contributed by atoms with E-state index in [-0.39, 0.29) is 6.09 Å². The van der Waals surface area contributed by atoms with Crippen LogP contribution in [0.1, 0.15) is 39.5 Å². The number of carbonyl (C=O) groups excluding carboxylic acids is 1. The standard InChI is InChI=1S/C12H24N2O2/c1-3-14(4-2)12(15)16-10-8-11-7-5-6-9-13-11/h11,13H,3-10H2,1-2H3. The second-order valence-electron chi connectivity index (χ2n) is 4.22. The van der Waals surface area contributed by atoms with E-state index in [0.717, 1.165) is 26.1 Å². The molecule has 1 rings (SSSR count). The molecule has 1 heterocycles. The van der Waals surface area contributed by atoms with Crippen molar-refractivity contribution in [3.05, 3.63) is 0 Å². The van der Waals surface area contributed by atoms with E-state index < -0.39 is 0 Å². The van der Waals surface area contributed by atoms with Crippen molar-refractivity contribution in [1.29, 1.82) is 0 Å². The van der Waals surface area contributed by atoms with Crippen LogP contribution in [0.3, 0.4) is 0 Å². The fourth-order valence-electron chi connectivity index (χ4n) is 2.03. The summed E-state index contributed by atoms with van der Waals surface area (Å²) < 4.78 is 5.24. The van der Waals surface area contributed by atoms with Crippen molar-refractivity contribution in [3.63, 3.8) is 0 Å². The van der Waals surface area contributed by atoms with E-state index in [1.807, 2.05) is 13.8 Å². The number of piperidine rings is 1. The highest BCUT2D eigenvalue weighted by Gasteiger charge is 2.14. The summed E-state index contributed by atoms with van der Waals surface area (Å²) in [4.78, 5) is 13.2. The van der Waals surface area contributed by atoms with E-state index in [1.165, 1.54) is 19.3 Å². The number of nitrogens with one attached hydrogen (secondary N) is 1. The largest absolute Gasteiger partial charge is 0.449 e. The zero-order valence-corrected chi connectivity index (χ0v) is 10.5. The molecule has 1 aliphatic rings. The molecule has 1 atom stereocenters. The van der Waals surface area contributed by atoms with Gasteiger partial charge in [0.05, 0.1) is 6.61 Å². The Morgan fingerprint density at radius 2 is 2.12 bits per heavy atom. The highest BCUT2D eigenvalue weighted by molar-refractivity contribution is 5.67. The molecule has 94 valence electrons. The van der Waals surface area contributed by atoms with Crippen molar-refractivity contribution < 1.29 is 9.53 Å². The minimum atomic E-state index is -0.180. The van der Waals surface area contributed by atoms with Crippen LogP contribution in [0.4, 0.5) is 4.79 Å². The van der Waals surface area contributed by atoms with Crippen LogP contribution < -0.4 is 5.32 Å². The lowest BCUT2D eigenvalue weighted by atomic mass is 10.0. The van der Waals surface area contributed by atoms with Crippen molar-refractivity contribution in [3.8, 4) is 0 Å². The number of hydrogen-bond acceptors (Lipinski definition) is 3. The zero-order valence-electron chi connectivity index (χ0n) is 10.5. The third kappa shape index (κ3) is 4.39. The first-order valence-corrected chi connectivity index (χ1v) is 6.43. The molecule has 0 spiro atoms. The average Bonchev–Trinajstić information content (AvgIpc) is 2.32. The third-order valence-corrected chi connectivity index (χ3v) is 3.13. The Bertz CT molecular complexity index is 199. The van der Waals surface area contributed by atoms with Crippen molar-refractivity contribution in [2.75, 3.05) is 26.2 Å². The fraction of sp³-hybridized carbons (Fsp3) is 0.917. The van der Waals surface area contributed by atoms with E-state index in [0.29, 0.717) is 12.6 Å². The molecular weight excluding hydrogens is 204 g/mol. The van der Waals surface area contributed by atoms with Crippen molar-refractivity contribution in [1.82, 2.24) is 10.2 Å². The highest BCUT2D eigenvalue weighted by Crippen LogP contribution is 2.10. The van der Waals surface area contributed by atoms with Crippen LogP contribution in [0.15, 0.2) is 0 Å². The van der Waals surface area contributed by atoms with Crippen LogP contribution in [0.2, 0.25) is 0 Å². The molecule has 0 aromatic heterocycles. The number of carbonyl (C=O) groups is 1. The smallest absolute Gasteiger partial charge is 0.409 e. The van der Waals surface area contributed by atoms with Crippen LogP contribution >= 0.6 is 0 Å². The second kappa shape index (κ2) is 7.49. The molecule has 0 aromatic rings. The van der Waals surface area contributed by atoms with Crippen LogP contribution in [0, 0.1) is 0 Å². The molecule has 1 saturated heterocycles. The van der Waals surface area contributed by atoms with E-state index in [9.17, 15) is 4.79 Å². The van der Waals surface area contributed by atoms with Crippen LogP contribution in [0.5, 0.6) is 0 Å². The van der Waals surface area contributed by atoms with Crippen molar-refractivity contribution >= 4 is 6.09 Å². The Morgan fingerprint density at radius 1 is 1.38 bits per heavy atom. The second-order valence-corrected chi connectivity index (χ2v) is 4.22. The molecule has 1 aliphatic heterocycles. The first-order valence-electron chi connectivity index (χ1n) is 6.43. The van der Waals surface area contributed by atoms with Crippen LogP contribution in [-0.2, 0) is 4.74 Å². The minimum absolute atomic E-state index is 0.180. The van der Waals surface area contributed by atoms with Gasteiger partial charge < -0.3 is 15.0 Å². The van der Waals surface area contributed by atoms with E-state index in [1.54, 1.807) is 4.90 Å². The average molecular weight is 228 g/mol. The zero-order chi connectivity index (χ0) is 11.8. The van der Waals surface area contributed by atoms with Gasteiger partial charge in [0.1, 0.15) is 0 Å². The number of hydrogen-bond donors (Lipinski definition) is 1. The summed E-state index contributed by atoms with van der Waals surface area (Å²) >= 11 is 0. The lowest BCUT2D eigenvalue weighted by Gasteiger charge is -2.24. The van der Waals surface area contributed by atoms with Gasteiger partial charge >= 0.3 is 6.09 Å². The predicted molar refractivity (Wildman–Crippen MR) is 64.5 cm³/mol. The van der Waals surface area contributed by atoms with E-state index in [2.05, 4.69) is 5.32 Å². The van der Waals surface area contributed by atoms with Gasteiger partial charge in [0.25, 0.3) is 0 Å². The molecule has 0 aliphatic carbocycles. The monoisotopic (exact) mass is 228 g/mol. The molecule has 4 nitrogen and oxygen atoms in total. The topological polar surface area (TPSA) is 41.6 Å². The fourth-order valence-corrected chi connectivity index (χ4v) is 2.03. The normalized spacial score (nSPS) is 20.5. The molecular formula is C12H24N2O2. The predicted octanol–water partition coefficient (Wildman–Crippen LogP) is 2.00. The minimum Gasteiger partial charge on any atom is -0.449 e. The summed E-state index contributed by atoms with van der Waals surface area (Å²) in [5.74, 6) is 0. The SMILES string of the molecule is CCN(CC)C(=O)OCCC1CCCCN1. The molecule has 16 heavy (non-hydrogen) atoms. The lowest BCUT2D eigenvalue weighted by molar-refractivity contribution is 0.101. The molecule has 0 radical (unpaired) electrons. The summed E-state index contributed by atoms with van der Waals surface area (Å²) in [6.45, 7) is 7.01. The van der Waals surface area contributed by atoms with Crippen LogP contribution in [0.25, 0.3) is 0 Å². The molecule has 1 amide bonds. The number of rotatable bonds is 5. The molecule has 1 fully saturated rings. The first kappa shape index (κ1) is 13.3. The lowest BCUT2D eigenvalue weighted by Crippen LogP contribution is -2.36. The van der Waals surface area contributed by atoms with Gasteiger partial charge in [-0.1, -0.05) is 6.42 Å². The van der Waals surface area contributed by atoms with Gasteiger partial charge in [-0.25, -0.2) is 4.79 Å². The maximum absolute atomic E-state index is 11.5.